The number of nitrogens with one attached hydrogen (secondary N) is 3. The van der Waals surface area contributed by atoms with Gasteiger partial charge in [0.05, 0.1) is 24.3 Å². The first-order valence-electron chi connectivity index (χ1n) is 8.10. The van der Waals surface area contributed by atoms with E-state index in [-0.39, 0.29) is 23.5 Å². The third-order valence-electron chi connectivity index (χ3n) is 3.98. The van der Waals surface area contributed by atoms with Gasteiger partial charge in [0, 0.05) is 17.3 Å². The van der Waals surface area contributed by atoms with Crippen LogP contribution < -0.4 is 16.0 Å². The number of carbonyl (C=O) groups excluding carboxylic acids is 2. The molecular weight excluding hydrogens is 358 g/mol. The molecule has 1 saturated heterocycles. The van der Waals surface area contributed by atoms with E-state index in [9.17, 15) is 18.0 Å². The van der Waals surface area contributed by atoms with Crippen LogP contribution in [-0.4, -0.2) is 37.9 Å². The van der Waals surface area contributed by atoms with Crippen LogP contribution in [0.3, 0.4) is 0 Å². The molecule has 3 amide bonds. The summed E-state index contributed by atoms with van der Waals surface area (Å²) in [6, 6.07) is 9.06. The molecule has 1 aromatic carbocycles. The van der Waals surface area contributed by atoms with Crippen LogP contribution in [0.25, 0.3) is 0 Å². The molecule has 8 nitrogen and oxygen atoms in total. The first-order chi connectivity index (χ1) is 12.4. The van der Waals surface area contributed by atoms with Gasteiger partial charge in [0.2, 0.25) is 0 Å². The second-order valence-corrected chi connectivity index (χ2v) is 8.27. The van der Waals surface area contributed by atoms with Gasteiger partial charge >= 0.3 is 6.03 Å². The van der Waals surface area contributed by atoms with Crippen LogP contribution >= 0.6 is 0 Å². The average Bonchev–Trinajstić information content (AvgIpc) is 3.22. The highest BCUT2D eigenvalue weighted by atomic mass is 32.2. The number of anilines is 1. The van der Waals surface area contributed by atoms with Crippen molar-refractivity contribution >= 4 is 27.5 Å². The maximum Gasteiger partial charge on any atom is 0.319 e. The maximum absolute atomic E-state index is 12.1. The summed E-state index contributed by atoms with van der Waals surface area (Å²) in [5.74, 6) is 0.463. The number of furan rings is 1. The zero-order valence-corrected chi connectivity index (χ0v) is 14.7. The molecule has 2 aromatic rings. The molecule has 3 N–H and O–H groups in total. The lowest BCUT2D eigenvalue weighted by Gasteiger charge is -2.12. The fraction of sp³-hybridized carbons (Fsp3) is 0.294. The first-order valence-corrected chi connectivity index (χ1v) is 9.92. The van der Waals surface area contributed by atoms with Crippen LogP contribution in [0.15, 0.2) is 47.1 Å². The van der Waals surface area contributed by atoms with Gasteiger partial charge in [-0.05, 0) is 42.8 Å². The van der Waals surface area contributed by atoms with Gasteiger partial charge in [-0.25, -0.2) is 13.2 Å². The van der Waals surface area contributed by atoms with Gasteiger partial charge in [0.25, 0.3) is 5.91 Å². The molecule has 3 rings (SSSR count). The van der Waals surface area contributed by atoms with E-state index in [2.05, 4.69) is 16.0 Å². The molecule has 0 saturated carbocycles. The minimum atomic E-state index is -3.04. The first kappa shape index (κ1) is 18.0. The third-order valence-corrected chi connectivity index (χ3v) is 5.74. The summed E-state index contributed by atoms with van der Waals surface area (Å²) in [6.07, 6.45) is 1.96. The highest BCUT2D eigenvalue weighted by Crippen LogP contribution is 2.13. The number of rotatable bonds is 5. The van der Waals surface area contributed by atoms with Gasteiger partial charge in [0.15, 0.2) is 9.84 Å². The van der Waals surface area contributed by atoms with E-state index in [4.69, 9.17) is 4.42 Å². The van der Waals surface area contributed by atoms with Gasteiger partial charge in [-0.1, -0.05) is 0 Å². The molecule has 138 valence electrons. The Morgan fingerprint density at radius 3 is 2.54 bits per heavy atom. The Morgan fingerprint density at radius 2 is 1.92 bits per heavy atom. The molecule has 26 heavy (non-hydrogen) atoms. The molecule has 0 aliphatic carbocycles. The van der Waals surface area contributed by atoms with Crippen molar-refractivity contribution in [3.05, 3.63) is 54.0 Å². The van der Waals surface area contributed by atoms with Gasteiger partial charge in [0.1, 0.15) is 5.76 Å². The molecule has 1 aromatic heterocycles. The molecule has 0 spiro atoms. The maximum atomic E-state index is 12.1. The van der Waals surface area contributed by atoms with Crippen molar-refractivity contribution in [2.45, 2.75) is 19.0 Å². The zero-order valence-electron chi connectivity index (χ0n) is 13.9. The van der Waals surface area contributed by atoms with E-state index in [0.29, 0.717) is 30.0 Å². The van der Waals surface area contributed by atoms with Gasteiger partial charge in [-0.3, -0.25) is 4.79 Å². The van der Waals surface area contributed by atoms with Gasteiger partial charge in [-0.15, -0.1) is 0 Å². The van der Waals surface area contributed by atoms with Gasteiger partial charge < -0.3 is 20.4 Å². The summed E-state index contributed by atoms with van der Waals surface area (Å²) in [4.78, 5) is 24.0. The summed E-state index contributed by atoms with van der Waals surface area (Å²) in [5, 5.41) is 7.99. The number of urea groups is 1. The number of carbonyl (C=O) groups is 2. The normalized spacial score (nSPS) is 18.2. The zero-order chi connectivity index (χ0) is 18.6. The Balaban J connectivity index is 1.49. The summed E-state index contributed by atoms with van der Waals surface area (Å²) in [5.41, 5.74) is 0.954. The van der Waals surface area contributed by atoms with Crippen LogP contribution in [-0.2, 0) is 16.4 Å². The Hall–Kier alpha value is -2.81. The molecule has 2 heterocycles. The Labute approximate surface area is 150 Å². The van der Waals surface area contributed by atoms with Crippen molar-refractivity contribution in [2.75, 3.05) is 16.8 Å². The van der Waals surface area contributed by atoms with Crippen LogP contribution in [0.5, 0.6) is 0 Å². The summed E-state index contributed by atoms with van der Waals surface area (Å²) in [6.45, 7) is 0.290. The quantitative estimate of drug-likeness (QED) is 0.730. The van der Waals surface area contributed by atoms with Gasteiger partial charge in [-0.2, -0.15) is 0 Å². The van der Waals surface area contributed by atoms with Crippen LogP contribution in [0.2, 0.25) is 0 Å². The SMILES string of the molecule is O=C(Nc1ccc(C(=O)NCc2ccco2)cc1)N[C@@H]1CCS(=O)(=O)C1. The summed E-state index contributed by atoms with van der Waals surface area (Å²) < 4.78 is 27.9. The highest BCUT2D eigenvalue weighted by molar-refractivity contribution is 7.91. The van der Waals surface area contributed by atoms with Crippen LogP contribution in [0.4, 0.5) is 10.5 Å². The molecule has 0 bridgehead atoms. The topological polar surface area (TPSA) is 118 Å². The number of hydrogen-bond donors (Lipinski definition) is 3. The van der Waals surface area contributed by atoms with Crippen molar-refractivity contribution in [3.63, 3.8) is 0 Å². The van der Waals surface area contributed by atoms with Crippen molar-refractivity contribution in [2.24, 2.45) is 0 Å². The minimum absolute atomic E-state index is 0.0325. The Bertz CT molecular complexity index is 876. The van der Waals surface area contributed by atoms with E-state index in [0.717, 1.165) is 0 Å². The summed E-state index contributed by atoms with van der Waals surface area (Å²) in [7, 11) is -3.04. The van der Waals surface area contributed by atoms with E-state index in [1.807, 2.05) is 0 Å². The largest absolute Gasteiger partial charge is 0.467 e. The predicted octanol–water partition coefficient (Wildman–Crippen LogP) is 1.52. The minimum Gasteiger partial charge on any atom is -0.467 e. The fourth-order valence-electron chi connectivity index (χ4n) is 2.65. The number of hydrogen-bond acceptors (Lipinski definition) is 5. The predicted molar refractivity (Wildman–Crippen MR) is 95.5 cm³/mol. The Kier molecular flexibility index (Phi) is 5.27. The monoisotopic (exact) mass is 377 g/mol. The van der Waals surface area contributed by atoms with E-state index in [1.54, 1.807) is 36.4 Å². The molecular formula is C17H19N3O5S. The average molecular weight is 377 g/mol. The molecule has 1 atom stereocenters. The second kappa shape index (κ2) is 7.61. The smallest absolute Gasteiger partial charge is 0.319 e. The fourth-order valence-corrected chi connectivity index (χ4v) is 4.32. The van der Waals surface area contributed by atoms with E-state index in [1.165, 1.54) is 6.26 Å². The van der Waals surface area contributed by atoms with Crippen molar-refractivity contribution in [3.8, 4) is 0 Å². The molecule has 1 aliphatic heterocycles. The number of benzene rings is 1. The third kappa shape index (κ3) is 4.85. The Morgan fingerprint density at radius 1 is 1.15 bits per heavy atom. The lowest BCUT2D eigenvalue weighted by atomic mass is 10.2. The van der Waals surface area contributed by atoms with Crippen molar-refractivity contribution < 1.29 is 22.4 Å². The molecule has 0 unspecified atom stereocenters. The molecule has 1 fully saturated rings. The van der Waals surface area contributed by atoms with Crippen LogP contribution in [0.1, 0.15) is 22.5 Å². The molecule has 1 aliphatic rings. The van der Waals surface area contributed by atoms with E-state index >= 15 is 0 Å². The lowest BCUT2D eigenvalue weighted by Crippen LogP contribution is -2.38. The highest BCUT2D eigenvalue weighted by Gasteiger charge is 2.28. The van der Waals surface area contributed by atoms with Crippen molar-refractivity contribution in [1.82, 2.24) is 10.6 Å². The molecule has 9 heteroatoms. The van der Waals surface area contributed by atoms with E-state index < -0.39 is 15.9 Å². The molecule has 0 radical (unpaired) electrons. The number of amides is 3. The lowest BCUT2D eigenvalue weighted by molar-refractivity contribution is 0.0948. The number of sulfone groups is 1. The summed E-state index contributed by atoms with van der Waals surface area (Å²) >= 11 is 0. The van der Waals surface area contributed by atoms with Crippen LogP contribution in [0, 0.1) is 0 Å². The van der Waals surface area contributed by atoms with Crippen molar-refractivity contribution in [1.29, 1.82) is 0 Å². The second-order valence-electron chi connectivity index (χ2n) is 6.04. The standard InChI is InChI=1S/C17H19N3O5S/c21-16(18-10-15-2-1-8-25-15)12-3-5-13(6-4-12)19-17(22)20-14-7-9-26(23,24)11-14/h1-6,8,14H,7,9-11H2,(H,18,21)(H2,19,20,22)/t14-/m1/s1.